The molecule has 0 saturated carbocycles. The average molecular weight is 597 g/mol. The Hall–Kier alpha value is -5.92. The molecule has 0 aromatic heterocycles. The molecule has 1 aliphatic heterocycles. The number of benzene rings is 9. The van der Waals surface area contributed by atoms with Gasteiger partial charge >= 0.3 is 0 Å². The molecule has 0 aliphatic carbocycles. The Morgan fingerprint density at radius 1 is 0.378 bits per heavy atom. The van der Waals surface area contributed by atoms with Crippen molar-refractivity contribution in [2.75, 3.05) is 0 Å². The zero-order valence-electron chi connectivity index (χ0n) is 48.4. The number of hydrogen-bond acceptors (Lipinski definition) is 1. The summed E-state index contributed by atoms with van der Waals surface area (Å²) in [5.74, 6) is -1.17. The quantitative estimate of drug-likeness (QED) is 0.142. The Morgan fingerprint density at radius 3 is 1.93 bits per heavy atom. The average Bonchev–Trinajstić information content (AvgIpc) is 3.33. The summed E-state index contributed by atoms with van der Waals surface area (Å²) < 4.78 is 240. The molecule has 0 amide bonds. The Bertz CT molecular complexity index is 4150. The van der Waals surface area contributed by atoms with Crippen LogP contribution >= 0.6 is 0 Å². The van der Waals surface area contributed by atoms with Crippen molar-refractivity contribution in [2.24, 2.45) is 0 Å². The second kappa shape index (κ2) is 9.29. The molecule has 0 spiro atoms. The van der Waals surface area contributed by atoms with Crippen LogP contribution in [-0.4, -0.2) is 0 Å². The van der Waals surface area contributed by atoms with Crippen LogP contribution in [-0.2, 0) is 0 Å². The van der Waals surface area contributed by atoms with E-state index in [4.69, 9.17) is 28.0 Å². The molecule has 0 N–H and O–H groups in total. The largest absolute Gasteiger partial charge is 0.455 e. The third-order valence-corrected chi connectivity index (χ3v) is 7.62. The first kappa shape index (κ1) is 10.3. The lowest BCUT2D eigenvalue weighted by molar-refractivity contribution is 0.493. The van der Waals surface area contributed by atoms with Crippen molar-refractivity contribution in [3.05, 3.63) is 157 Å². The summed E-state index contributed by atoms with van der Waals surface area (Å²) >= 11 is 0. The Kier molecular flexibility index (Phi) is 2.13. The van der Waals surface area contributed by atoms with Gasteiger partial charge in [0.1, 0.15) is 11.5 Å². The highest BCUT2D eigenvalue weighted by atomic mass is 16.5. The van der Waals surface area contributed by atoms with E-state index in [2.05, 4.69) is 0 Å². The standard InChI is InChI=1S/C44H26O/c1-4-14-32-27(9-1)19-21-38-40(32)26-30-11-3-5-15-34(30)42(38)31-13-7-12-29(25-31)33-23-24-41-43-36(33)17-8-18-37(43)39-22-20-28-10-2-6-16-35(28)44(39)45-41/h1-26H/i1D,2D,3D,4D,5D,6D,7D,8D,9D,10D,11D,12D,13D,14D,15D,16D,17D,18D,19D,20D,21D,22D,23D,24D,25D,26D. The molecule has 0 atom stereocenters. The van der Waals surface area contributed by atoms with Gasteiger partial charge in [0.25, 0.3) is 0 Å². The zero-order valence-corrected chi connectivity index (χ0v) is 22.4. The van der Waals surface area contributed by atoms with E-state index in [1.165, 1.54) is 0 Å². The van der Waals surface area contributed by atoms with Crippen LogP contribution in [0.2, 0.25) is 0 Å². The highest BCUT2D eigenvalue weighted by molar-refractivity contribution is 6.20. The van der Waals surface area contributed by atoms with E-state index < -0.39 is 256 Å². The summed E-state index contributed by atoms with van der Waals surface area (Å²) in [4.78, 5) is 0. The van der Waals surface area contributed by atoms with Crippen LogP contribution in [0.15, 0.2) is 157 Å². The SMILES string of the molecule is [2H]c1c([2H])c(-c2c([2H])c([2H])c3c4c(c([2H])c([2H])c([2H])c24)-c2c([2H])c([2H])c4c([2H])c([2H])c([2H])c([2H])c4c2O3)c([2H])c(-c2c3c([2H])c([2H])c([2H])c([2H])c3c([2H])c3c2c([2H])c([2H])c2c([2H])c([2H])c([2H])c([2H])c23)c1[2H]. The Morgan fingerprint density at radius 2 is 1.04 bits per heavy atom. The van der Waals surface area contributed by atoms with Gasteiger partial charge in [-0.25, -0.2) is 0 Å². The van der Waals surface area contributed by atoms with Gasteiger partial charge in [0.05, 0.1) is 35.6 Å². The fourth-order valence-corrected chi connectivity index (χ4v) is 5.69. The predicted molar refractivity (Wildman–Crippen MR) is 190 cm³/mol. The molecule has 9 aromatic rings. The van der Waals surface area contributed by atoms with Gasteiger partial charge in [-0.15, -0.1) is 0 Å². The monoisotopic (exact) mass is 596 g/mol. The van der Waals surface area contributed by atoms with Gasteiger partial charge in [-0.1, -0.05) is 133 Å². The molecule has 1 heteroatoms. The predicted octanol–water partition coefficient (Wildman–Crippen LogP) is 12.6. The molecule has 1 nitrogen and oxygen atoms in total. The van der Waals surface area contributed by atoms with Crippen molar-refractivity contribution in [3.63, 3.8) is 0 Å². The molecule has 10 rings (SSSR count). The second-order valence-electron chi connectivity index (χ2n) is 10.0. The van der Waals surface area contributed by atoms with Crippen molar-refractivity contribution in [1.29, 1.82) is 0 Å². The molecular weight excluding hydrogens is 544 g/mol. The Balaban J connectivity index is 1.45. The van der Waals surface area contributed by atoms with Crippen molar-refractivity contribution in [1.82, 2.24) is 0 Å². The summed E-state index contributed by atoms with van der Waals surface area (Å²) in [5.41, 5.74) is -4.02. The maximum Gasteiger partial charge on any atom is 0.143 e. The first-order chi connectivity index (χ1) is 33.2. The number of fused-ring (bicyclic) bond motifs is 8. The number of ether oxygens (including phenoxy) is 1. The third-order valence-electron chi connectivity index (χ3n) is 7.62. The number of rotatable bonds is 2. The molecule has 208 valence electrons. The van der Waals surface area contributed by atoms with Crippen LogP contribution < -0.4 is 4.74 Å². The molecule has 0 unspecified atom stereocenters. The molecule has 0 bridgehead atoms. The number of hydrogen-bond donors (Lipinski definition) is 0. The van der Waals surface area contributed by atoms with Gasteiger partial charge in [-0.05, 0) is 95.1 Å². The lowest BCUT2D eigenvalue weighted by Crippen LogP contribution is -1.98. The molecule has 1 aliphatic rings. The van der Waals surface area contributed by atoms with Crippen molar-refractivity contribution in [3.8, 4) is 44.9 Å². The first-order valence-electron chi connectivity index (χ1n) is 26.4. The fraction of sp³-hybridized carbons (Fsp3) is 0. The normalized spacial score (nSPS) is 20.3. The van der Waals surface area contributed by atoms with Gasteiger partial charge in [0.15, 0.2) is 0 Å². The lowest BCUT2D eigenvalue weighted by atomic mass is 9.87. The van der Waals surface area contributed by atoms with E-state index in [1.807, 2.05) is 0 Å². The maximum absolute atomic E-state index is 9.94. The van der Waals surface area contributed by atoms with Gasteiger partial charge < -0.3 is 4.74 Å². The summed E-state index contributed by atoms with van der Waals surface area (Å²) in [7, 11) is 0. The minimum Gasteiger partial charge on any atom is -0.455 e. The second-order valence-corrected chi connectivity index (χ2v) is 10.0. The topological polar surface area (TPSA) is 9.23 Å². The molecule has 0 fully saturated rings. The molecule has 9 aromatic carbocycles. The van der Waals surface area contributed by atoms with E-state index in [0.717, 1.165) is 0 Å². The molecular formula is C44H26O. The maximum atomic E-state index is 9.94. The van der Waals surface area contributed by atoms with Crippen LogP contribution in [0.5, 0.6) is 11.5 Å². The zero-order chi connectivity index (χ0) is 52.1. The summed E-state index contributed by atoms with van der Waals surface area (Å²) in [6.45, 7) is 0. The van der Waals surface area contributed by atoms with Crippen LogP contribution in [0, 0.1) is 0 Å². The van der Waals surface area contributed by atoms with Gasteiger partial charge in [-0.2, -0.15) is 0 Å². The molecule has 0 radical (unpaired) electrons. The van der Waals surface area contributed by atoms with Gasteiger partial charge in [0, 0.05) is 16.3 Å². The lowest BCUT2D eigenvalue weighted by Gasteiger charge is -2.24. The molecule has 45 heavy (non-hydrogen) atoms. The fourth-order valence-electron chi connectivity index (χ4n) is 5.69. The highest BCUT2D eigenvalue weighted by Gasteiger charge is 2.23. The van der Waals surface area contributed by atoms with Gasteiger partial charge in [-0.3, -0.25) is 0 Å². The van der Waals surface area contributed by atoms with Crippen LogP contribution in [0.4, 0.5) is 0 Å². The highest BCUT2D eigenvalue weighted by Crippen LogP contribution is 2.51. The van der Waals surface area contributed by atoms with Gasteiger partial charge in [0.2, 0.25) is 0 Å². The first-order valence-corrected chi connectivity index (χ1v) is 13.4. The van der Waals surface area contributed by atoms with Crippen molar-refractivity contribution >= 4 is 53.9 Å². The van der Waals surface area contributed by atoms with E-state index in [0.29, 0.717) is 0 Å². The summed E-state index contributed by atoms with van der Waals surface area (Å²) in [6.07, 6.45) is 0. The van der Waals surface area contributed by atoms with E-state index >= 15 is 0 Å². The minimum atomic E-state index is -1.05. The molecule has 0 saturated heterocycles. The summed E-state index contributed by atoms with van der Waals surface area (Å²) in [5, 5.41) is -5.52. The Labute approximate surface area is 297 Å². The van der Waals surface area contributed by atoms with E-state index in [-0.39, 0.29) is 0 Å². The van der Waals surface area contributed by atoms with Crippen LogP contribution in [0.1, 0.15) is 35.6 Å². The van der Waals surface area contributed by atoms with E-state index in [9.17, 15) is 12.3 Å². The van der Waals surface area contributed by atoms with Crippen molar-refractivity contribution < 1.29 is 40.4 Å². The van der Waals surface area contributed by atoms with Crippen molar-refractivity contribution in [2.45, 2.75) is 0 Å². The third kappa shape index (κ3) is 3.56. The van der Waals surface area contributed by atoms with Crippen LogP contribution in [0.3, 0.4) is 0 Å². The smallest absolute Gasteiger partial charge is 0.143 e. The van der Waals surface area contributed by atoms with Crippen LogP contribution in [0.25, 0.3) is 87.2 Å². The minimum absolute atomic E-state index is 0.442. The molecule has 1 heterocycles. The van der Waals surface area contributed by atoms with E-state index in [1.54, 1.807) is 0 Å². The summed E-state index contributed by atoms with van der Waals surface area (Å²) in [6, 6.07) is -22.5.